The Balaban J connectivity index is 2.00. The highest BCUT2D eigenvalue weighted by Gasteiger charge is 2.43. The van der Waals surface area contributed by atoms with Crippen molar-refractivity contribution in [2.75, 3.05) is 12.3 Å². The first-order chi connectivity index (χ1) is 10.3. The van der Waals surface area contributed by atoms with Crippen LogP contribution in [0.15, 0.2) is 18.2 Å². The second-order valence-electron chi connectivity index (χ2n) is 5.21. The van der Waals surface area contributed by atoms with Crippen molar-refractivity contribution in [2.24, 2.45) is 0 Å². The molecule has 1 saturated heterocycles. The molecule has 1 fully saturated rings. The summed E-state index contributed by atoms with van der Waals surface area (Å²) in [6.45, 7) is 1.32. The largest absolute Gasteiger partial charge is 0.459 e. The van der Waals surface area contributed by atoms with Crippen molar-refractivity contribution < 1.29 is 34.7 Å². The van der Waals surface area contributed by atoms with E-state index in [0.29, 0.717) is 11.3 Å². The monoisotopic (exact) mass is 313 g/mol. The van der Waals surface area contributed by atoms with Gasteiger partial charge in [0.2, 0.25) is 0 Å². The highest BCUT2D eigenvalue weighted by Crippen LogP contribution is 2.21. The van der Waals surface area contributed by atoms with Gasteiger partial charge in [-0.05, 0) is 24.6 Å². The Morgan fingerprint density at radius 3 is 2.59 bits per heavy atom. The summed E-state index contributed by atoms with van der Waals surface area (Å²) in [5.74, 6) is -0.671. The van der Waals surface area contributed by atoms with Crippen LogP contribution in [-0.4, -0.2) is 63.7 Å². The smallest absolute Gasteiger partial charge is 0.338 e. The lowest BCUT2D eigenvalue weighted by Crippen LogP contribution is -2.58. The van der Waals surface area contributed by atoms with E-state index in [0.717, 1.165) is 0 Å². The van der Waals surface area contributed by atoms with Gasteiger partial charge >= 0.3 is 5.97 Å². The fraction of sp³-hybridized carbons (Fsp3) is 0.500. The molecule has 0 aromatic heterocycles. The van der Waals surface area contributed by atoms with Gasteiger partial charge in [0.15, 0.2) is 6.29 Å². The van der Waals surface area contributed by atoms with Crippen molar-refractivity contribution in [3.05, 3.63) is 29.3 Å². The maximum atomic E-state index is 12.0. The van der Waals surface area contributed by atoms with Gasteiger partial charge in [-0.25, -0.2) is 4.79 Å². The predicted molar refractivity (Wildman–Crippen MR) is 74.8 cm³/mol. The molecule has 8 nitrogen and oxygen atoms in total. The second-order valence-corrected chi connectivity index (χ2v) is 5.21. The Kier molecular flexibility index (Phi) is 4.99. The number of aliphatic hydroxyl groups is 4. The minimum absolute atomic E-state index is 0.270. The molecule has 6 N–H and O–H groups in total. The van der Waals surface area contributed by atoms with Crippen LogP contribution in [0.2, 0.25) is 0 Å². The van der Waals surface area contributed by atoms with E-state index in [9.17, 15) is 25.2 Å². The highest BCUT2D eigenvalue weighted by molar-refractivity contribution is 5.92. The van der Waals surface area contributed by atoms with Crippen LogP contribution in [0, 0.1) is 6.92 Å². The van der Waals surface area contributed by atoms with Crippen LogP contribution >= 0.6 is 0 Å². The fourth-order valence-corrected chi connectivity index (χ4v) is 2.16. The normalized spacial score (nSPS) is 31.8. The van der Waals surface area contributed by atoms with E-state index in [1.165, 1.54) is 6.07 Å². The van der Waals surface area contributed by atoms with E-state index >= 15 is 0 Å². The molecule has 122 valence electrons. The summed E-state index contributed by atoms with van der Waals surface area (Å²) in [6.07, 6.45) is -7.54. The molecular weight excluding hydrogens is 294 g/mol. The molecule has 0 bridgehead atoms. The Morgan fingerprint density at radius 2 is 1.91 bits per heavy atom. The first-order valence-electron chi connectivity index (χ1n) is 6.72. The lowest BCUT2D eigenvalue weighted by Gasteiger charge is -2.37. The number of hydrogen-bond donors (Lipinski definition) is 5. The summed E-state index contributed by atoms with van der Waals surface area (Å²) < 4.78 is 9.94. The van der Waals surface area contributed by atoms with Crippen LogP contribution in [0.4, 0.5) is 5.69 Å². The highest BCUT2D eigenvalue weighted by atomic mass is 16.6. The standard InChI is InChI=1S/C14H19NO7/c1-6-2-3-7(15)4-8(6)13(19)21-5-9-10(16)11(17)12(18)14(20)22-9/h2-4,9-12,14,16-18,20H,5,15H2,1H3/t9-,10-,11+,12-,14-/m1/s1. The number of nitrogens with two attached hydrogens (primary N) is 1. The molecule has 1 aromatic carbocycles. The van der Waals surface area contributed by atoms with Crippen molar-refractivity contribution >= 4 is 11.7 Å². The summed E-state index contributed by atoms with van der Waals surface area (Å²) in [7, 11) is 0. The molecule has 5 atom stereocenters. The van der Waals surface area contributed by atoms with Crippen LogP contribution < -0.4 is 5.73 Å². The number of aliphatic hydroxyl groups excluding tert-OH is 4. The summed E-state index contributed by atoms with van der Waals surface area (Å²) in [4.78, 5) is 12.0. The molecule has 22 heavy (non-hydrogen) atoms. The van der Waals surface area contributed by atoms with Gasteiger partial charge in [0.1, 0.15) is 31.0 Å². The molecule has 0 saturated carbocycles. The van der Waals surface area contributed by atoms with E-state index in [1.54, 1.807) is 19.1 Å². The predicted octanol–water partition coefficient (Wildman–Crippen LogP) is -1.47. The van der Waals surface area contributed by atoms with Gasteiger partial charge in [0.25, 0.3) is 0 Å². The minimum Gasteiger partial charge on any atom is -0.459 e. The Hall–Kier alpha value is -1.71. The zero-order valence-corrected chi connectivity index (χ0v) is 11.9. The number of esters is 1. The number of carbonyl (C=O) groups excluding carboxylic acids is 1. The minimum atomic E-state index is -1.67. The first-order valence-corrected chi connectivity index (χ1v) is 6.72. The molecular formula is C14H19NO7. The number of ether oxygens (including phenoxy) is 2. The lowest BCUT2D eigenvalue weighted by molar-refractivity contribution is -0.286. The third-order valence-electron chi connectivity index (χ3n) is 3.55. The number of aryl methyl sites for hydroxylation is 1. The van der Waals surface area contributed by atoms with E-state index in [2.05, 4.69) is 0 Å². The summed E-state index contributed by atoms with van der Waals surface area (Å²) in [5.41, 5.74) is 6.95. The molecule has 1 heterocycles. The quantitative estimate of drug-likeness (QED) is 0.336. The van der Waals surface area contributed by atoms with Gasteiger partial charge in [0.05, 0.1) is 5.56 Å². The molecule has 0 spiro atoms. The van der Waals surface area contributed by atoms with Gasteiger partial charge < -0.3 is 35.6 Å². The molecule has 1 aliphatic rings. The van der Waals surface area contributed by atoms with Gasteiger partial charge in [-0.15, -0.1) is 0 Å². The van der Waals surface area contributed by atoms with Gasteiger partial charge in [-0.3, -0.25) is 0 Å². The van der Waals surface area contributed by atoms with Crippen molar-refractivity contribution in [1.82, 2.24) is 0 Å². The molecule has 8 heteroatoms. The number of carbonyl (C=O) groups is 1. The summed E-state index contributed by atoms with van der Waals surface area (Å²) in [6, 6.07) is 4.78. The van der Waals surface area contributed by atoms with Crippen LogP contribution in [-0.2, 0) is 9.47 Å². The molecule has 0 amide bonds. The number of benzene rings is 1. The van der Waals surface area contributed by atoms with E-state index < -0.39 is 43.3 Å². The first kappa shape index (κ1) is 16.7. The van der Waals surface area contributed by atoms with E-state index in [4.69, 9.17) is 15.2 Å². The van der Waals surface area contributed by atoms with Crippen LogP contribution in [0.1, 0.15) is 15.9 Å². The zero-order valence-electron chi connectivity index (χ0n) is 11.9. The topological polar surface area (TPSA) is 142 Å². The van der Waals surface area contributed by atoms with E-state index in [-0.39, 0.29) is 5.56 Å². The molecule has 0 radical (unpaired) electrons. The van der Waals surface area contributed by atoms with Gasteiger partial charge in [0, 0.05) is 5.69 Å². The second kappa shape index (κ2) is 6.59. The summed E-state index contributed by atoms with van der Waals surface area (Å²) >= 11 is 0. The molecule has 0 aliphatic carbocycles. The van der Waals surface area contributed by atoms with Crippen molar-refractivity contribution in [3.8, 4) is 0 Å². The van der Waals surface area contributed by atoms with Crippen LogP contribution in [0.5, 0.6) is 0 Å². The Bertz CT molecular complexity index is 550. The van der Waals surface area contributed by atoms with Crippen molar-refractivity contribution in [2.45, 2.75) is 37.6 Å². The Labute approximate surface area is 126 Å². The Morgan fingerprint density at radius 1 is 1.23 bits per heavy atom. The van der Waals surface area contributed by atoms with Crippen LogP contribution in [0.25, 0.3) is 0 Å². The zero-order chi connectivity index (χ0) is 16.4. The van der Waals surface area contributed by atoms with E-state index in [1.807, 2.05) is 0 Å². The number of anilines is 1. The number of rotatable bonds is 3. The third-order valence-corrected chi connectivity index (χ3v) is 3.55. The fourth-order valence-electron chi connectivity index (χ4n) is 2.16. The summed E-state index contributed by atoms with van der Waals surface area (Å²) in [5, 5.41) is 38.1. The van der Waals surface area contributed by atoms with Crippen LogP contribution in [0.3, 0.4) is 0 Å². The maximum Gasteiger partial charge on any atom is 0.338 e. The van der Waals surface area contributed by atoms with Gasteiger partial charge in [-0.1, -0.05) is 6.07 Å². The molecule has 2 rings (SSSR count). The maximum absolute atomic E-state index is 12.0. The molecule has 0 unspecified atom stereocenters. The third kappa shape index (κ3) is 3.37. The number of nitrogen functional groups attached to an aromatic ring is 1. The molecule has 1 aromatic rings. The van der Waals surface area contributed by atoms with Crippen molar-refractivity contribution in [1.29, 1.82) is 0 Å². The lowest BCUT2D eigenvalue weighted by atomic mass is 9.99. The molecule has 1 aliphatic heterocycles. The van der Waals surface area contributed by atoms with Crippen molar-refractivity contribution in [3.63, 3.8) is 0 Å². The number of hydrogen-bond acceptors (Lipinski definition) is 8. The average molecular weight is 313 g/mol. The van der Waals surface area contributed by atoms with Gasteiger partial charge in [-0.2, -0.15) is 0 Å². The average Bonchev–Trinajstić information content (AvgIpc) is 2.49. The SMILES string of the molecule is Cc1ccc(N)cc1C(=O)OC[C@H]1O[C@@H](O)[C@H](O)[C@@H](O)[C@@H]1O.